The van der Waals surface area contributed by atoms with Gasteiger partial charge < -0.3 is 4.42 Å². The first kappa shape index (κ1) is 19.0. The lowest BCUT2D eigenvalue weighted by atomic mass is 10.00. The molecule has 0 unspecified atom stereocenters. The summed E-state index contributed by atoms with van der Waals surface area (Å²) in [5.41, 5.74) is 0.679. The van der Waals surface area contributed by atoms with Gasteiger partial charge in [0.25, 0.3) is 0 Å². The van der Waals surface area contributed by atoms with Crippen molar-refractivity contribution in [3.63, 3.8) is 0 Å². The summed E-state index contributed by atoms with van der Waals surface area (Å²) in [7, 11) is 0. The van der Waals surface area contributed by atoms with Gasteiger partial charge in [-0.3, -0.25) is 4.79 Å². The van der Waals surface area contributed by atoms with Crippen molar-refractivity contribution in [3.8, 4) is 16.5 Å². The normalized spacial score (nSPS) is 14.7. The summed E-state index contributed by atoms with van der Waals surface area (Å²) in [6.07, 6.45) is 2.07. The number of carbonyl (C=O) groups excluding carboxylic acids is 1. The third-order valence-electron chi connectivity index (χ3n) is 5.11. The van der Waals surface area contributed by atoms with E-state index in [0.717, 1.165) is 17.7 Å². The summed E-state index contributed by atoms with van der Waals surface area (Å²) in [4.78, 5) is 17.5. The number of carbonyl (C=O) groups is 1. The van der Waals surface area contributed by atoms with Gasteiger partial charge in [0, 0.05) is 16.9 Å². The Morgan fingerprint density at radius 2 is 2.10 bits per heavy atom. The van der Waals surface area contributed by atoms with Crippen LogP contribution in [-0.4, -0.2) is 21.0 Å². The first-order valence-corrected chi connectivity index (χ1v) is 11.1. The van der Waals surface area contributed by atoms with Crippen molar-refractivity contribution in [2.24, 2.45) is 5.41 Å². The van der Waals surface area contributed by atoms with Crippen LogP contribution in [0.3, 0.4) is 0 Å². The van der Waals surface area contributed by atoms with Crippen LogP contribution in [0.1, 0.15) is 36.1 Å². The molecule has 0 aliphatic heterocycles. The highest BCUT2D eigenvalue weighted by Gasteiger charge is 2.44. The first-order chi connectivity index (χ1) is 14.5. The van der Waals surface area contributed by atoms with Crippen molar-refractivity contribution < 1.29 is 13.6 Å². The molecule has 150 valence electrons. The van der Waals surface area contributed by atoms with Gasteiger partial charge >= 0.3 is 0 Å². The quantitative estimate of drug-likeness (QED) is 0.406. The molecule has 3 aromatic heterocycles. The Morgan fingerprint density at radius 3 is 2.83 bits per heavy atom. The molecule has 1 aromatic carbocycles. The van der Waals surface area contributed by atoms with Gasteiger partial charge in [-0.2, -0.15) is 5.26 Å². The number of fused-ring (bicyclic) bond motifs is 1. The fraction of sp³-hybridized carbons (Fsp3) is 0.286. The van der Waals surface area contributed by atoms with E-state index in [4.69, 9.17) is 9.68 Å². The van der Waals surface area contributed by atoms with Gasteiger partial charge in [-0.15, -0.1) is 32.9 Å². The van der Waals surface area contributed by atoms with Crippen LogP contribution in [0.15, 0.2) is 34.1 Å². The Labute approximate surface area is 179 Å². The standard InChI is InChI=1S/C21H15FN4O2S2/c22-19-13(15-2-1-7-29-15)3-4-14-20(19)30-18(24-14)9-17-26-25-16(28-17)8-12(27)10-21(11-23)5-6-21/h1-4,7H,5-6,8-10H2. The molecule has 1 aliphatic carbocycles. The number of halogens is 1. The highest BCUT2D eigenvalue weighted by Crippen LogP contribution is 2.48. The van der Waals surface area contributed by atoms with Crippen LogP contribution < -0.4 is 0 Å². The van der Waals surface area contributed by atoms with E-state index in [-0.39, 0.29) is 36.8 Å². The minimum atomic E-state index is -0.479. The molecule has 9 heteroatoms. The molecule has 5 rings (SSSR count). The highest BCUT2D eigenvalue weighted by molar-refractivity contribution is 7.18. The number of hydrogen-bond donors (Lipinski definition) is 0. The summed E-state index contributed by atoms with van der Waals surface area (Å²) in [6, 6.07) is 9.56. The summed E-state index contributed by atoms with van der Waals surface area (Å²) in [5.74, 6) is 0.211. The van der Waals surface area contributed by atoms with E-state index in [9.17, 15) is 9.18 Å². The fourth-order valence-corrected chi connectivity index (χ4v) is 5.09. The second kappa shape index (κ2) is 7.38. The Morgan fingerprint density at radius 1 is 1.27 bits per heavy atom. The molecule has 0 bridgehead atoms. The Kier molecular flexibility index (Phi) is 4.68. The van der Waals surface area contributed by atoms with E-state index < -0.39 is 5.41 Å². The molecular formula is C21H15FN4O2S2. The Balaban J connectivity index is 1.31. The maximum atomic E-state index is 15.0. The van der Waals surface area contributed by atoms with Crippen molar-refractivity contribution in [2.45, 2.75) is 32.1 Å². The summed E-state index contributed by atoms with van der Waals surface area (Å²) < 4.78 is 21.0. The van der Waals surface area contributed by atoms with E-state index >= 15 is 0 Å². The van der Waals surface area contributed by atoms with Crippen molar-refractivity contribution in [2.75, 3.05) is 0 Å². The number of thiophene rings is 1. The van der Waals surface area contributed by atoms with Crippen LogP contribution in [0.5, 0.6) is 0 Å². The van der Waals surface area contributed by atoms with Crippen LogP contribution in [0.25, 0.3) is 20.7 Å². The predicted octanol–water partition coefficient (Wildman–Crippen LogP) is 4.94. The van der Waals surface area contributed by atoms with Gasteiger partial charge in [-0.1, -0.05) is 6.07 Å². The second-order valence-corrected chi connectivity index (χ2v) is 9.44. The number of Topliss-reactive ketones (excluding diaryl/α,β-unsaturated/α-hetero) is 1. The number of aromatic nitrogens is 3. The molecule has 4 aromatic rings. The van der Waals surface area contributed by atoms with Gasteiger partial charge in [-0.05, 0) is 36.4 Å². The first-order valence-electron chi connectivity index (χ1n) is 9.41. The lowest BCUT2D eigenvalue weighted by Crippen LogP contribution is -2.10. The zero-order valence-corrected chi connectivity index (χ0v) is 17.4. The molecular weight excluding hydrogens is 423 g/mol. The van der Waals surface area contributed by atoms with E-state index in [0.29, 0.717) is 26.7 Å². The number of nitrogens with zero attached hydrogens (tertiary/aromatic N) is 4. The molecule has 0 N–H and O–H groups in total. The van der Waals surface area contributed by atoms with E-state index in [1.54, 1.807) is 6.07 Å². The third kappa shape index (κ3) is 3.64. The van der Waals surface area contributed by atoms with Crippen LogP contribution in [0.2, 0.25) is 0 Å². The van der Waals surface area contributed by atoms with E-state index in [2.05, 4.69) is 21.3 Å². The smallest absolute Gasteiger partial charge is 0.223 e. The minimum absolute atomic E-state index is 0.0229. The average Bonchev–Trinajstić information content (AvgIpc) is 3.14. The number of rotatable bonds is 7. The number of thiazole rings is 1. The van der Waals surface area contributed by atoms with Crippen LogP contribution in [0.4, 0.5) is 4.39 Å². The van der Waals surface area contributed by atoms with E-state index in [1.807, 2.05) is 23.6 Å². The van der Waals surface area contributed by atoms with Gasteiger partial charge in [0.1, 0.15) is 10.8 Å². The maximum Gasteiger partial charge on any atom is 0.223 e. The summed E-state index contributed by atoms with van der Waals surface area (Å²) in [5, 5.41) is 19.6. The maximum absolute atomic E-state index is 15.0. The van der Waals surface area contributed by atoms with Crippen molar-refractivity contribution in [1.29, 1.82) is 5.26 Å². The summed E-state index contributed by atoms with van der Waals surface area (Å²) >= 11 is 2.75. The third-order valence-corrected chi connectivity index (χ3v) is 7.08. The van der Waals surface area contributed by atoms with E-state index in [1.165, 1.54) is 22.7 Å². The molecule has 0 radical (unpaired) electrons. The zero-order chi connectivity index (χ0) is 20.7. The molecule has 1 fully saturated rings. The summed E-state index contributed by atoms with van der Waals surface area (Å²) in [6.45, 7) is 0. The SMILES string of the molecule is N#CC1(CC(=O)Cc2nnc(Cc3nc4ccc(-c5cccs5)c(F)c4s3)o2)CC1. The highest BCUT2D eigenvalue weighted by atomic mass is 32.1. The topological polar surface area (TPSA) is 92.7 Å². The van der Waals surface area contributed by atoms with Crippen LogP contribution in [-0.2, 0) is 17.6 Å². The monoisotopic (exact) mass is 438 g/mol. The number of ketones is 1. The molecule has 6 nitrogen and oxygen atoms in total. The molecule has 0 saturated heterocycles. The van der Waals surface area contributed by atoms with Crippen molar-refractivity contribution in [3.05, 3.63) is 52.3 Å². The van der Waals surface area contributed by atoms with Gasteiger partial charge in [0.15, 0.2) is 5.82 Å². The predicted molar refractivity (Wildman–Crippen MR) is 111 cm³/mol. The lowest BCUT2D eigenvalue weighted by Gasteiger charge is -2.01. The number of hydrogen-bond acceptors (Lipinski definition) is 8. The second-order valence-electron chi connectivity index (χ2n) is 7.41. The molecule has 0 atom stereocenters. The molecule has 30 heavy (non-hydrogen) atoms. The molecule has 3 heterocycles. The lowest BCUT2D eigenvalue weighted by molar-refractivity contribution is -0.119. The van der Waals surface area contributed by atoms with Crippen molar-refractivity contribution >= 4 is 38.7 Å². The Hall–Kier alpha value is -2.96. The average molecular weight is 439 g/mol. The van der Waals surface area contributed by atoms with Gasteiger partial charge in [0.2, 0.25) is 11.8 Å². The minimum Gasteiger partial charge on any atom is -0.424 e. The largest absolute Gasteiger partial charge is 0.424 e. The van der Waals surface area contributed by atoms with Crippen LogP contribution in [0, 0.1) is 22.6 Å². The van der Waals surface area contributed by atoms with Crippen LogP contribution >= 0.6 is 22.7 Å². The van der Waals surface area contributed by atoms with Gasteiger partial charge in [-0.25, -0.2) is 9.37 Å². The number of benzene rings is 1. The zero-order valence-electron chi connectivity index (χ0n) is 15.7. The molecule has 1 saturated carbocycles. The molecule has 0 spiro atoms. The molecule has 1 aliphatic rings. The molecule has 0 amide bonds. The fourth-order valence-electron chi connectivity index (χ4n) is 3.35. The van der Waals surface area contributed by atoms with Crippen molar-refractivity contribution in [1.82, 2.24) is 15.2 Å². The number of nitriles is 1. The van der Waals surface area contributed by atoms with Gasteiger partial charge in [0.05, 0.1) is 34.5 Å². The Bertz CT molecular complexity index is 1280.